The third-order valence-corrected chi connectivity index (χ3v) is 6.08. The van der Waals surface area contributed by atoms with Crippen molar-refractivity contribution >= 4 is 44.3 Å². The van der Waals surface area contributed by atoms with Gasteiger partial charge in [0.2, 0.25) is 5.89 Å². The summed E-state index contributed by atoms with van der Waals surface area (Å²) < 4.78 is 6.37. The van der Waals surface area contributed by atoms with Crippen LogP contribution in [0.4, 0.5) is 11.4 Å². The molecule has 0 bridgehead atoms. The molecule has 1 N–H and O–H groups in total. The van der Waals surface area contributed by atoms with Crippen molar-refractivity contribution < 1.29 is 14.1 Å². The lowest BCUT2D eigenvalue weighted by Crippen LogP contribution is -2.12. The Morgan fingerprint density at radius 3 is 2.59 bits per heavy atom. The molecule has 162 valence electrons. The minimum absolute atomic E-state index is 0.152. The molecule has 0 aliphatic heterocycles. The third-order valence-electron chi connectivity index (χ3n) is 5.39. The molecule has 32 heavy (non-hydrogen) atoms. The first kappa shape index (κ1) is 21.7. The molecule has 8 heteroatoms. The lowest BCUT2D eigenvalue weighted by atomic mass is 9.98. The largest absolute Gasteiger partial charge is 0.436 e. The second kappa shape index (κ2) is 8.92. The van der Waals surface area contributed by atoms with Crippen LogP contribution in [0.5, 0.6) is 0 Å². The number of oxazole rings is 1. The van der Waals surface area contributed by atoms with Gasteiger partial charge < -0.3 is 9.73 Å². The number of hydrogen-bond acceptors (Lipinski definition) is 5. The number of nitrogens with zero attached hydrogens (tertiary/aromatic N) is 2. The molecule has 0 saturated heterocycles. The van der Waals surface area contributed by atoms with E-state index in [9.17, 15) is 14.9 Å². The highest BCUT2D eigenvalue weighted by molar-refractivity contribution is 9.10. The van der Waals surface area contributed by atoms with E-state index in [1.54, 1.807) is 24.3 Å². The number of carbonyl (C=O) groups is 1. The molecule has 0 aliphatic rings. The molecule has 4 rings (SSSR count). The van der Waals surface area contributed by atoms with Crippen LogP contribution in [0, 0.1) is 10.1 Å². The molecule has 0 fully saturated rings. The van der Waals surface area contributed by atoms with Gasteiger partial charge in [-0.25, -0.2) is 4.98 Å². The smallest absolute Gasteiger partial charge is 0.270 e. The second-order valence-corrected chi connectivity index (χ2v) is 8.36. The van der Waals surface area contributed by atoms with Gasteiger partial charge >= 0.3 is 0 Å². The number of rotatable bonds is 6. The van der Waals surface area contributed by atoms with Crippen molar-refractivity contribution in [1.29, 1.82) is 0 Å². The topological polar surface area (TPSA) is 98.3 Å². The van der Waals surface area contributed by atoms with Gasteiger partial charge in [0.15, 0.2) is 5.58 Å². The number of aromatic nitrogens is 1. The highest BCUT2D eigenvalue weighted by Gasteiger charge is 2.16. The number of benzene rings is 3. The van der Waals surface area contributed by atoms with E-state index in [0.29, 0.717) is 22.0 Å². The molecule has 7 nitrogen and oxygen atoms in total. The van der Waals surface area contributed by atoms with Crippen LogP contribution in [0.1, 0.15) is 42.1 Å². The summed E-state index contributed by atoms with van der Waals surface area (Å²) in [6, 6.07) is 17.2. The normalized spacial score (nSPS) is 12.0. The van der Waals surface area contributed by atoms with Gasteiger partial charge in [-0.15, -0.1) is 0 Å². The van der Waals surface area contributed by atoms with Crippen molar-refractivity contribution in [1.82, 2.24) is 4.98 Å². The number of hydrogen-bond donors (Lipinski definition) is 1. The summed E-state index contributed by atoms with van der Waals surface area (Å²) in [5.41, 5.74) is 4.12. The van der Waals surface area contributed by atoms with Crippen molar-refractivity contribution in [3.8, 4) is 11.5 Å². The Labute approximate surface area is 192 Å². The summed E-state index contributed by atoms with van der Waals surface area (Å²) in [6.07, 6.45) is 1.05. The number of anilines is 1. The van der Waals surface area contributed by atoms with Gasteiger partial charge in [0, 0.05) is 27.9 Å². The van der Waals surface area contributed by atoms with E-state index in [1.165, 1.54) is 23.8 Å². The minimum Gasteiger partial charge on any atom is -0.436 e. The molecule has 0 saturated carbocycles. The average Bonchev–Trinajstić information content (AvgIpc) is 3.22. The van der Waals surface area contributed by atoms with Crippen LogP contribution in [0.2, 0.25) is 0 Å². The lowest BCUT2D eigenvalue weighted by Gasteiger charge is -2.07. The van der Waals surface area contributed by atoms with E-state index in [4.69, 9.17) is 4.42 Å². The van der Waals surface area contributed by atoms with E-state index in [1.807, 2.05) is 6.07 Å². The fourth-order valence-electron chi connectivity index (χ4n) is 3.31. The number of amides is 1. The molecular formula is C24H20BrN3O4. The maximum atomic E-state index is 12.6. The zero-order valence-electron chi connectivity index (χ0n) is 17.5. The molecule has 0 aliphatic carbocycles. The molecule has 1 aromatic heterocycles. The van der Waals surface area contributed by atoms with Crippen molar-refractivity contribution in [2.45, 2.75) is 26.2 Å². The monoisotopic (exact) mass is 493 g/mol. The number of nitrogens with one attached hydrogen (secondary N) is 1. The van der Waals surface area contributed by atoms with Crippen LogP contribution >= 0.6 is 15.9 Å². The molecular weight excluding hydrogens is 474 g/mol. The number of fused-ring (bicyclic) bond motifs is 1. The van der Waals surface area contributed by atoms with Crippen LogP contribution in [-0.4, -0.2) is 15.8 Å². The Morgan fingerprint density at radius 2 is 1.91 bits per heavy atom. The standard InChI is InChI=1S/C24H20BrN3O4/c1-3-14(2)16-6-11-22-21(12-16)27-24(32-22)15-4-7-17(8-5-15)26-23(29)19-13-18(28(30)31)9-10-20(19)25/h4-14H,3H2,1-2H3,(H,26,29). The van der Waals surface area contributed by atoms with E-state index in [2.05, 4.69) is 52.2 Å². The summed E-state index contributed by atoms with van der Waals surface area (Å²) >= 11 is 3.27. The zero-order chi connectivity index (χ0) is 22.8. The first-order chi connectivity index (χ1) is 15.4. The Balaban J connectivity index is 1.54. The molecule has 1 heterocycles. The van der Waals surface area contributed by atoms with Gasteiger partial charge in [0.1, 0.15) is 5.52 Å². The summed E-state index contributed by atoms with van der Waals surface area (Å²) in [5.74, 6) is 0.502. The molecule has 0 radical (unpaired) electrons. The Morgan fingerprint density at radius 1 is 1.16 bits per heavy atom. The highest BCUT2D eigenvalue weighted by Crippen LogP contribution is 2.29. The van der Waals surface area contributed by atoms with Crippen molar-refractivity contribution in [2.24, 2.45) is 0 Å². The van der Waals surface area contributed by atoms with Crippen LogP contribution in [0.25, 0.3) is 22.6 Å². The third kappa shape index (κ3) is 4.40. The molecule has 4 aromatic rings. The maximum Gasteiger partial charge on any atom is 0.270 e. The number of halogens is 1. The number of non-ortho nitro benzene ring substituents is 1. The van der Waals surface area contributed by atoms with Crippen LogP contribution in [-0.2, 0) is 0 Å². The predicted molar refractivity (Wildman–Crippen MR) is 127 cm³/mol. The Bertz CT molecular complexity index is 1310. The second-order valence-electron chi connectivity index (χ2n) is 7.51. The Hall–Kier alpha value is -3.52. The maximum absolute atomic E-state index is 12.6. The van der Waals surface area contributed by atoms with E-state index >= 15 is 0 Å². The van der Waals surface area contributed by atoms with E-state index < -0.39 is 10.8 Å². The minimum atomic E-state index is -0.537. The van der Waals surface area contributed by atoms with Crippen molar-refractivity contribution in [3.63, 3.8) is 0 Å². The summed E-state index contributed by atoms with van der Waals surface area (Å²) in [5, 5.41) is 13.7. The number of nitro benzene ring substituents is 1. The summed E-state index contributed by atoms with van der Waals surface area (Å²) in [4.78, 5) is 27.7. The van der Waals surface area contributed by atoms with Gasteiger partial charge in [-0.1, -0.05) is 19.9 Å². The average molecular weight is 494 g/mol. The zero-order valence-corrected chi connectivity index (χ0v) is 19.0. The van der Waals surface area contributed by atoms with E-state index in [-0.39, 0.29) is 11.3 Å². The summed E-state index contributed by atoms with van der Waals surface area (Å²) in [6.45, 7) is 4.34. The van der Waals surface area contributed by atoms with Gasteiger partial charge in [-0.2, -0.15) is 0 Å². The quantitative estimate of drug-likeness (QED) is 0.232. The molecule has 1 amide bonds. The first-order valence-electron chi connectivity index (χ1n) is 10.1. The number of nitro groups is 1. The number of carbonyl (C=O) groups excluding carboxylic acids is 1. The predicted octanol–water partition coefficient (Wildman–Crippen LogP) is 6.93. The first-order valence-corrected chi connectivity index (χ1v) is 10.9. The SMILES string of the molecule is CCC(C)c1ccc2oc(-c3ccc(NC(=O)c4cc([N+](=O)[O-])ccc4Br)cc3)nc2c1. The van der Waals surface area contributed by atoms with Crippen molar-refractivity contribution in [3.05, 3.63) is 86.4 Å². The van der Waals surface area contributed by atoms with Gasteiger partial charge in [0.25, 0.3) is 11.6 Å². The molecule has 1 unspecified atom stereocenters. The summed E-state index contributed by atoms with van der Waals surface area (Å²) in [7, 11) is 0. The van der Waals surface area contributed by atoms with Crippen LogP contribution < -0.4 is 5.32 Å². The lowest BCUT2D eigenvalue weighted by molar-refractivity contribution is -0.384. The molecule has 3 aromatic carbocycles. The Kier molecular flexibility index (Phi) is 6.05. The van der Waals surface area contributed by atoms with Crippen LogP contribution in [0.3, 0.4) is 0 Å². The van der Waals surface area contributed by atoms with Crippen LogP contribution in [0.15, 0.2) is 69.6 Å². The van der Waals surface area contributed by atoms with E-state index in [0.717, 1.165) is 23.1 Å². The molecule has 1 atom stereocenters. The highest BCUT2D eigenvalue weighted by atomic mass is 79.9. The fraction of sp³-hybridized carbons (Fsp3) is 0.167. The van der Waals surface area contributed by atoms with Crippen molar-refractivity contribution in [2.75, 3.05) is 5.32 Å². The molecule has 0 spiro atoms. The fourth-order valence-corrected chi connectivity index (χ4v) is 3.73. The van der Waals surface area contributed by atoms with Gasteiger partial charge in [-0.05, 0) is 76.3 Å². The van der Waals surface area contributed by atoms with Gasteiger partial charge in [-0.3, -0.25) is 14.9 Å². The van der Waals surface area contributed by atoms with Gasteiger partial charge in [0.05, 0.1) is 10.5 Å².